The summed E-state index contributed by atoms with van der Waals surface area (Å²) in [5.41, 5.74) is 6.82. The van der Waals surface area contributed by atoms with Crippen molar-refractivity contribution < 1.29 is 24.4 Å². The largest absolute Gasteiger partial charge is 0.535 e. The number of Topliss-reactive ketones (excluding diaryl/α,β-unsaturated/α-hetero) is 1. The molecule has 0 amide bonds. The maximum absolute atomic E-state index is 12.5. The Balaban J connectivity index is 1.35. The van der Waals surface area contributed by atoms with E-state index in [4.69, 9.17) is 15.8 Å². The molecule has 1 atom stereocenters. The molecule has 1 aromatic carbocycles. The number of nitrogens with two attached hydrogens (primary N) is 1. The number of fused-ring (bicyclic) bond motifs is 1. The number of aromatic carboxylic acids is 1. The molecular weight excluding hydrogens is 391 g/mol. The van der Waals surface area contributed by atoms with Crippen molar-refractivity contribution in [1.82, 2.24) is 19.9 Å². The fourth-order valence-corrected chi connectivity index (χ4v) is 3.80. The molecule has 1 fully saturated rings. The van der Waals surface area contributed by atoms with Gasteiger partial charge in [0.1, 0.15) is 12.3 Å². The molecule has 5 N–H and O–H groups in total. The molecule has 2 aromatic rings. The van der Waals surface area contributed by atoms with Gasteiger partial charge in [0.25, 0.3) is 0 Å². The Morgan fingerprint density at radius 2 is 2.13 bits per heavy atom. The fourth-order valence-electron chi connectivity index (χ4n) is 3.80. The number of para-hydroxylation sites is 1. The van der Waals surface area contributed by atoms with Crippen LogP contribution in [0.4, 0.5) is 0 Å². The lowest BCUT2D eigenvalue weighted by molar-refractivity contribution is -0.120. The minimum absolute atomic E-state index is 0.00851. The van der Waals surface area contributed by atoms with Crippen LogP contribution in [0.5, 0.6) is 5.75 Å². The van der Waals surface area contributed by atoms with Gasteiger partial charge in [-0.3, -0.25) is 10.2 Å². The zero-order valence-electron chi connectivity index (χ0n) is 16.1. The van der Waals surface area contributed by atoms with Crippen molar-refractivity contribution in [3.8, 4) is 5.75 Å². The Labute approximate surface area is 172 Å². The zero-order valence-corrected chi connectivity index (χ0v) is 16.1. The van der Waals surface area contributed by atoms with Crippen molar-refractivity contribution >= 4 is 24.8 Å². The number of carbonyl (C=O) groups is 2. The molecule has 4 rings (SSSR count). The second-order valence-electron chi connectivity index (χ2n) is 7.64. The van der Waals surface area contributed by atoms with Crippen molar-refractivity contribution in [3.05, 3.63) is 41.2 Å². The third kappa shape index (κ3) is 3.86. The van der Waals surface area contributed by atoms with Gasteiger partial charge in [0.05, 0.1) is 11.3 Å². The van der Waals surface area contributed by atoms with Crippen LogP contribution in [0, 0.1) is 5.41 Å². The van der Waals surface area contributed by atoms with Crippen LogP contribution >= 0.6 is 0 Å². The number of carboxylic acid groups (broad SMARTS) is 1. The lowest BCUT2D eigenvalue weighted by Gasteiger charge is -2.38. The van der Waals surface area contributed by atoms with Crippen LogP contribution in [0.3, 0.4) is 0 Å². The molecule has 156 valence electrons. The lowest BCUT2D eigenvalue weighted by Crippen LogP contribution is -2.51. The summed E-state index contributed by atoms with van der Waals surface area (Å²) in [4.78, 5) is 25.5. The van der Waals surface area contributed by atoms with Gasteiger partial charge in [-0.2, -0.15) is 0 Å². The van der Waals surface area contributed by atoms with Crippen LogP contribution in [0.15, 0.2) is 24.4 Å². The van der Waals surface area contributed by atoms with Gasteiger partial charge >= 0.3 is 13.1 Å². The summed E-state index contributed by atoms with van der Waals surface area (Å²) in [6.45, 7) is 1.22. The van der Waals surface area contributed by atoms with Crippen LogP contribution in [0.2, 0.25) is 5.82 Å². The second-order valence-corrected chi connectivity index (χ2v) is 7.64. The number of carbonyl (C=O) groups excluding carboxylic acids is 1. The highest BCUT2D eigenvalue weighted by molar-refractivity contribution is 6.47. The number of hydrogen-bond donors (Lipinski definition) is 4. The zero-order chi connectivity index (χ0) is 21.4. The SMILES string of the molecule is N=C(N)N1CC(c2cn(CC(=O)C[C@H]3Cc4cccc(C(=O)O)c4OB3O)nn2)C1. The first kappa shape index (κ1) is 19.9. The van der Waals surface area contributed by atoms with Gasteiger partial charge in [-0.05, 0) is 18.1 Å². The molecule has 0 spiro atoms. The summed E-state index contributed by atoms with van der Waals surface area (Å²) < 4.78 is 6.89. The summed E-state index contributed by atoms with van der Waals surface area (Å²) >= 11 is 0. The van der Waals surface area contributed by atoms with Crippen LogP contribution < -0.4 is 10.4 Å². The molecule has 2 aliphatic rings. The van der Waals surface area contributed by atoms with E-state index in [9.17, 15) is 19.7 Å². The standard InChI is InChI=1S/C18H21BN6O5/c20-18(21)24-6-11(7-24)15-9-25(23-22-15)8-13(26)5-12-4-10-2-1-3-14(17(27)28)16(10)30-19(12)29/h1-3,9,11-12,29H,4-8H2,(H3,20,21)(H,27,28)/t12-/m1/s1. The molecule has 2 aliphatic heterocycles. The number of guanidine groups is 1. The summed E-state index contributed by atoms with van der Waals surface area (Å²) in [6, 6.07) is 4.77. The predicted octanol–water partition coefficient (Wildman–Crippen LogP) is -0.286. The highest BCUT2D eigenvalue weighted by Gasteiger charge is 2.38. The fraction of sp³-hybridized carbons (Fsp3) is 0.389. The van der Waals surface area contributed by atoms with Gasteiger partial charge in [0.2, 0.25) is 0 Å². The second kappa shape index (κ2) is 7.79. The number of carboxylic acids is 1. The maximum atomic E-state index is 12.5. The third-order valence-electron chi connectivity index (χ3n) is 5.48. The van der Waals surface area contributed by atoms with Gasteiger partial charge in [-0.25, -0.2) is 9.48 Å². The number of ketones is 1. The van der Waals surface area contributed by atoms with E-state index in [0.717, 1.165) is 5.69 Å². The van der Waals surface area contributed by atoms with Gasteiger partial charge in [-0.15, -0.1) is 5.10 Å². The predicted molar refractivity (Wildman–Crippen MR) is 105 cm³/mol. The topological polar surface area (TPSA) is 168 Å². The number of nitrogens with one attached hydrogen (secondary N) is 1. The number of aromatic nitrogens is 3. The van der Waals surface area contributed by atoms with Crippen molar-refractivity contribution in [3.63, 3.8) is 0 Å². The molecule has 0 radical (unpaired) electrons. The molecular formula is C18H21BN6O5. The Bertz CT molecular complexity index is 1000. The van der Waals surface area contributed by atoms with Gasteiger partial charge < -0.3 is 25.4 Å². The Morgan fingerprint density at radius 3 is 2.83 bits per heavy atom. The molecule has 0 unspecified atom stereocenters. The Kier molecular flexibility index (Phi) is 5.16. The van der Waals surface area contributed by atoms with Gasteiger partial charge in [-0.1, -0.05) is 17.3 Å². The van der Waals surface area contributed by atoms with Crippen LogP contribution in [-0.2, 0) is 17.8 Å². The highest BCUT2D eigenvalue weighted by atomic mass is 16.5. The molecule has 3 heterocycles. The van der Waals surface area contributed by atoms with Crippen LogP contribution in [0.1, 0.15) is 34.0 Å². The van der Waals surface area contributed by atoms with Crippen molar-refractivity contribution in [2.75, 3.05) is 13.1 Å². The van der Waals surface area contributed by atoms with Crippen molar-refractivity contribution in [2.45, 2.75) is 31.1 Å². The summed E-state index contributed by atoms with van der Waals surface area (Å²) in [5, 5.41) is 35.0. The van der Waals surface area contributed by atoms with Crippen molar-refractivity contribution in [1.29, 1.82) is 5.41 Å². The van der Waals surface area contributed by atoms with Crippen molar-refractivity contribution in [2.24, 2.45) is 5.73 Å². The number of nitrogens with zero attached hydrogens (tertiary/aromatic N) is 4. The monoisotopic (exact) mass is 412 g/mol. The molecule has 0 aliphatic carbocycles. The third-order valence-corrected chi connectivity index (χ3v) is 5.48. The first-order valence-corrected chi connectivity index (χ1v) is 9.52. The van der Waals surface area contributed by atoms with E-state index < -0.39 is 18.9 Å². The van der Waals surface area contributed by atoms with E-state index in [1.165, 1.54) is 10.7 Å². The average molecular weight is 412 g/mol. The van der Waals surface area contributed by atoms with Gasteiger partial charge in [0.15, 0.2) is 11.7 Å². The Morgan fingerprint density at radius 1 is 1.37 bits per heavy atom. The van der Waals surface area contributed by atoms with Gasteiger partial charge in [0, 0.05) is 37.4 Å². The minimum Gasteiger partial charge on any atom is -0.535 e. The van der Waals surface area contributed by atoms with E-state index in [0.29, 0.717) is 25.1 Å². The molecule has 1 aromatic heterocycles. The summed E-state index contributed by atoms with van der Waals surface area (Å²) in [6.07, 6.45) is 2.12. The molecule has 1 saturated heterocycles. The van der Waals surface area contributed by atoms with E-state index in [1.54, 1.807) is 23.2 Å². The van der Waals surface area contributed by atoms with E-state index in [-0.39, 0.29) is 41.9 Å². The number of likely N-dealkylation sites (tertiary alicyclic amines) is 1. The Hall–Kier alpha value is -3.41. The highest BCUT2D eigenvalue weighted by Crippen LogP contribution is 2.36. The number of hydrogen-bond acceptors (Lipinski definition) is 7. The number of benzene rings is 1. The van der Waals surface area contributed by atoms with E-state index in [1.807, 2.05) is 0 Å². The maximum Gasteiger partial charge on any atom is 0.526 e. The molecule has 30 heavy (non-hydrogen) atoms. The summed E-state index contributed by atoms with van der Waals surface area (Å²) in [5.74, 6) is -1.44. The first-order chi connectivity index (χ1) is 14.3. The smallest absolute Gasteiger partial charge is 0.526 e. The lowest BCUT2D eigenvalue weighted by atomic mass is 9.64. The summed E-state index contributed by atoms with van der Waals surface area (Å²) in [7, 11) is -1.26. The van der Waals surface area contributed by atoms with E-state index in [2.05, 4.69) is 10.3 Å². The quantitative estimate of drug-likeness (QED) is 0.283. The first-order valence-electron chi connectivity index (χ1n) is 9.52. The molecule has 12 heteroatoms. The molecule has 11 nitrogen and oxygen atoms in total. The number of rotatable bonds is 6. The molecule has 0 saturated carbocycles. The minimum atomic E-state index is -1.26. The van der Waals surface area contributed by atoms with Crippen LogP contribution in [-0.4, -0.2) is 67.9 Å². The van der Waals surface area contributed by atoms with E-state index >= 15 is 0 Å². The average Bonchev–Trinajstić information content (AvgIpc) is 3.07. The molecule has 0 bridgehead atoms. The normalized spacial score (nSPS) is 18.4. The van der Waals surface area contributed by atoms with Crippen LogP contribution in [0.25, 0.3) is 0 Å².